The van der Waals surface area contributed by atoms with Crippen molar-refractivity contribution < 1.29 is 24.2 Å². The van der Waals surface area contributed by atoms with Crippen molar-refractivity contribution in [1.82, 2.24) is 19.6 Å². The van der Waals surface area contributed by atoms with E-state index in [2.05, 4.69) is 16.3 Å². The van der Waals surface area contributed by atoms with E-state index < -0.39 is 0 Å². The first-order chi connectivity index (χ1) is 23.1. The highest BCUT2D eigenvalue weighted by Gasteiger charge is 2.32. The third-order valence-electron chi connectivity index (χ3n) is 10.2. The number of carbonyl (C=O) groups is 3. The summed E-state index contributed by atoms with van der Waals surface area (Å²) in [6.45, 7) is 8.07. The van der Waals surface area contributed by atoms with Crippen molar-refractivity contribution in [3.8, 4) is 5.75 Å². The van der Waals surface area contributed by atoms with Gasteiger partial charge in [-0.2, -0.15) is 0 Å². The number of urea groups is 1. The van der Waals surface area contributed by atoms with Crippen LogP contribution in [0.5, 0.6) is 5.75 Å². The Morgan fingerprint density at radius 2 is 1.50 bits per heavy atom. The molecule has 262 valence electrons. The number of anilines is 1. The summed E-state index contributed by atoms with van der Waals surface area (Å²) in [7, 11) is 1.40. The second kappa shape index (κ2) is 16.9. The van der Waals surface area contributed by atoms with Crippen molar-refractivity contribution in [2.24, 2.45) is 5.92 Å². The minimum absolute atomic E-state index is 0.0403. The summed E-state index contributed by atoms with van der Waals surface area (Å²) in [4.78, 5) is 45.0. The number of halogens is 2. The molecule has 2 aromatic rings. The lowest BCUT2D eigenvalue weighted by Gasteiger charge is -2.40. The quantitative estimate of drug-likeness (QED) is 0.361. The molecule has 3 fully saturated rings. The molecule has 1 atom stereocenters. The van der Waals surface area contributed by atoms with Gasteiger partial charge in [-0.3, -0.25) is 4.79 Å². The minimum Gasteiger partial charge on any atom is -0.505 e. The van der Waals surface area contributed by atoms with E-state index in [1.54, 1.807) is 17.0 Å². The monoisotopic (exact) mass is 701 g/mol. The van der Waals surface area contributed by atoms with Gasteiger partial charge < -0.3 is 34.8 Å². The third kappa shape index (κ3) is 9.07. The second-order valence-corrected chi connectivity index (χ2v) is 14.2. The maximum Gasteiger partial charge on any atom is 0.409 e. The maximum absolute atomic E-state index is 12.8. The molecule has 4 aliphatic rings. The Balaban J connectivity index is 0.000000190. The Bertz CT molecular complexity index is 1400. The van der Waals surface area contributed by atoms with Gasteiger partial charge in [-0.05, 0) is 93.8 Å². The fourth-order valence-electron chi connectivity index (χ4n) is 7.45. The topological polar surface area (TPSA) is 106 Å². The first kappa shape index (κ1) is 36.1. The summed E-state index contributed by atoms with van der Waals surface area (Å²) in [5, 5.41) is 13.1. The molecule has 4 heterocycles. The molecule has 0 spiro atoms. The largest absolute Gasteiger partial charge is 0.505 e. The van der Waals surface area contributed by atoms with E-state index in [9.17, 15) is 19.5 Å². The van der Waals surface area contributed by atoms with Crippen molar-refractivity contribution in [1.29, 1.82) is 0 Å². The zero-order valence-corrected chi connectivity index (χ0v) is 29.6. The van der Waals surface area contributed by atoms with Gasteiger partial charge >= 0.3 is 12.1 Å². The van der Waals surface area contributed by atoms with Gasteiger partial charge in [-0.1, -0.05) is 54.7 Å². The van der Waals surface area contributed by atoms with Crippen LogP contribution in [0.1, 0.15) is 63.0 Å². The molecule has 6 rings (SSSR count). The van der Waals surface area contributed by atoms with E-state index in [1.165, 1.54) is 45.0 Å². The van der Waals surface area contributed by atoms with Gasteiger partial charge in [0.2, 0.25) is 5.91 Å². The van der Waals surface area contributed by atoms with E-state index in [-0.39, 0.29) is 45.8 Å². The van der Waals surface area contributed by atoms with Crippen LogP contribution < -0.4 is 5.32 Å². The Morgan fingerprint density at radius 1 is 0.896 bits per heavy atom. The summed E-state index contributed by atoms with van der Waals surface area (Å²) < 4.78 is 4.75. The smallest absolute Gasteiger partial charge is 0.409 e. The maximum atomic E-state index is 12.8. The normalized spacial score (nSPS) is 20.2. The van der Waals surface area contributed by atoms with Gasteiger partial charge in [0.25, 0.3) is 0 Å². The molecule has 0 radical (unpaired) electrons. The number of phenols is 1. The number of phenolic OH excluding ortho intramolecular Hbond substituents is 1. The highest BCUT2D eigenvalue weighted by molar-refractivity contribution is 6.37. The van der Waals surface area contributed by atoms with E-state index in [0.717, 1.165) is 56.4 Å². The number of likely N-dealkylation sites (tertiary alicyclic amines) is 3. The van der Waals surface area contributed by atoms with Gasteiger partial charge in [0.05, 0.1) is 17.2 Å². The molecule has 0 unspecified atom stereocenters. The van der Waals surface area contributed by atoms with Crippen LogP contribution in [0.2, 0.25) is 10.0 Å². The summed E-state index contributed by atoms with van der Waals surface area (Å²) in [5.41, 5.74) is 2.95. The Morgan fingerprint density at radius 3 is 2.15 bits per heavy atom. The van der Waals surface area contributed by atoms with Crippen molar-refractivity contribution in [2.45, 2.75) is 76.8 Å². The Labute approximate surface area is 294 Å². The number of hydrogen-bond donors (Lipinski definition) is 2. The SMILES string of the molecule is COC(=O)N1CCC(N2CCc3ccccc3NC2=O)CC1.C[C@H](Cc1cc(Cl)c(O)c(Cl)c1)C(=O)N1CCC(N2CCCCC2)CC1. The molecule has 4 aliphatic heterocycles. The van der Waals surface area contributed by atoms with Crippen molar-refractivity contribution in [3.63, 3.8) is 0 Å². The van der Waals surface area contributed by atoms with Gasteiger partial charge in [0.1, 0.15) is 0 Å². The van der Waals surface area contributed by atoms with Gasteiger partial charge in [-0.15, -0.1) is 0 Å². The van der Waals surface area contributed by atoms with Crippen LogP contribution in [0.4, 0.5) is 15.3 Å². The molecule has 2 aromatic carbocycles. The molecular formula is C36H49Cl2N5O5. The van der Waals surface area contributed by atoms with Crippen molar-refractivity contribution >= 4 is 46.9 Å². The fraction of sp³-hybridized carbons (Fsp3) is 0.583. The highest BCUT2D eigenvalue weighted by atomic mass is 35.5. The van der Waals surface area contributed by atoms with Crippen LogP contribution in [-0.4, -0.2) is 108 Å². The summed E-state index contributed by atoms with van der Waals surface area (Å²) >= 11 is 12.0. The number of carbonyl (C=O) groups excluding carboxylic acids is 3. The third-order valence-corrected chi connectivity index (χ3v) is 10.8. The summed E-state index contributed by atoms with van der Waals surface area (Å²) in [6, 6.07) is 12.1. The number of amides is 4. The van der Waals surface area contributed by atoms with Crippen LogP contribution in [0, 0.1) is 5.92 Å². The van der Waals surface area contributed by atoms with E-state index in [1.807, 2.05) is 34.9 Å². The standard InChI is InChI=1S/C20H28Cl2N2O2.C16H21N3O3/c1-14(11-15-12-17(21)19(25)18(22)13-15)20(26)24-9-5-16(6-10-24)23-7-3-2-4-8-23;1-22-16(21)18-9-7-13(8-10-18)19-11-6-12-4-2-3-5-14(12)17-15(19)20/h12-14,16,25H,2-11H2,1H3;2-5,13H,6-11H2,1H3,(H,17,20)/t14-;/m1./s1. The molecule has 12 heteroatoms. The lowest BCUT2D eigenvalue weighted by molar-refractivity contribution is -0.136. The number of nitrogens with zero attached hydrogens (tertiary/aromatic N) is 4. The van der Waals surface area contributed by atoms with Crippen LogP contribution in [-0.2, 0) is 22.4 Å². The molecule has 4 amide bonds. The predicted octanol–water partition coefficient (Wildman–Crippen LogP) is 6.66. The summed E-state index contributed by atoms with van der Waals surface area (Å²) in [5.74, 6) is -0.0310. The average Bonchev–Trinajstić information content (AvgIpc) is 3.28. The molecular weight excluding hydrogens is 653 g/mol. The molecule has 10 nitrogen and oxygen atoms in total. The Hall–Kier alpha value is -3.21. The van der Waals surface area contributed by atoms with Crippen molar-refractivity contribution in [2.75, 3.05) is 58.2 Å². The number of rotatable bonds is 5. The first-order valence-electron chi connectivity index (χ1n) is 17.3. The molecule has 0 saturated carbocycles. The Kier molecular flexibility index (Phi) is 12.7. The average molecular weight is 703 g/mol. The number of nitrogens with one attached hydrogen (secondary N) is 1. The first-order valence-corrected chi connectivity index (χ1v) is 18.1. The van der Waals surface area contributed by atoms with E-state index >= 15 is 0 Å². The van der Waals surface area contributed by atoms with Gasteiger partial charge in [-0.25, -0.2) is 9.59 Å². The number of fused-ring (bicyclic) bond motifs is 1. The number of ether oxygens (including phenoxy) is 1. The predicted molar refractivity (Wildman–Crippen MR) is 189 cm³/mol. The van der Waals surface area contributed by atoms with E-state index in [0.29, 0.717) is 32.1 Å². The molecule has 0 aromatic heterocycles. The number of methoxy groups -OCH3 is 1. The molecule has 0 bridgehead atoms. The lowest BCUT2D eigenvalue weighted by atomic mass is 9.96. The van der Waals surface area contributed by atoms with Crippen LogP contribution in [0.25, 0.3) is 0 Å². The van der Waals surface area contributed by atoms with Gasteiger partial charge in [0.15, 0.2) is 5.75 Å². The van der Waals surface area contributed by atoms with Crippen LogP contribution in [0.15, 0.2) is 36.4 Å². The van der Waals surface area contributed by atoms with Crippen molar-refractivity contribution in [3.05, 3.63) is 57.6 Å². The summed E-state index contributed by atoms with van der Waals surface area (Å²) in [6.07, 6.45) is 8.86. The molecule has 0 aliphatic carbocycles. The number of hydrogen-bond acceptors (Lipinski definition) is 6. The molecule has 48 heavy (non-hydrogen) atoms. The molecule has 3 saturated heterocycles. The number of para-hydroxylation sites is 1. The number of aromatic hydroxyl groups is 1. The van der Waals surface area contributed by atoms with Crippen LogP contribution in [0.3, 0.4) is 0 Å². The number of piperidine rings is 3. The number of benzene rings is 2. The fourth-order valence-corrected chi connectivity index (χ4v) is 7.98. The minimum atomic E-state index is -0.286. The van der Waals surface area contributed by atoms with Crippen LogP contribution >= 0.6 is 23.2 Å². The second-order valence-electron chi connectivity index (χ2n) is 13.4. The van der Waals surface area contributed by atoms with E-state index in [4.69, 9.17) is 27.9 Å². The zero-order valence-electron chi connectivity index (χ0n) is 28.1. The van der Waals surface area contributed by atoms with Gasteiger partial charge in [0, 0.05) is 56.4 Å². The molecule has 2 N–H and O–H groups in total. The lowest BCUT2D eigenvalue weighted by Crippen LogP contribution is -2.50. The highest BCUT2D eigenvalue weighted by Crippen LogP contribution is 2.34. The zero-order chi connectivity index (χ0) is 34.2.